The molecule has 4 heteroatoms. The Morgan fingerprint density at radius 1 is 1.19 bits per heavy atom. The summed E-state index contributed by atoms with van der Waals surface area (Å²) in [4.78, 5) is 11.9. The third-order valence-corrected chi connectivity index (χ3v) is 4.10. The minimum absolute atomic E-state index is 0.839. The molecule has 0 saturated carbocycles. The first kappa shape index (κ1) is 16.1. The Bertz CT molecular complexity index is 433. The van der Waals surface area contributed by atoms with Gasteiger partial charge in [-0.05, 0) is 31.6 Å². The third kappa shape index (κ3) is 4.58. The van der Waals surface area contributed by atoms with Crippen molar-refractivity contribution in [1.29, 1.82) is 0 Å². The van der Waals surface area contributed by atoms with Crippen molar-refractivity contribution in [1.82, 2.24) is 9.97 Å². The van der Waals surface area contributed by atoms with E-state index < -0.39 is 0 Å². The average molecular weight is 290 g/mol. The molecule has 1 aliphatic rings. The molecular weight excluding hydrogens is 260 g/mol. The van der Waals surface area contributed by atoms with Crippen LogP contribution >= 0.6 is 0 Å². The molecule has 1 aliphatic heterocycles. The molecule has 1 aromatic rings. The van der Waals surface area contributed by atoms with Crippen LogP contribution < -0.4 is 10.2 Å². The van der Waals surface area contributed by atoms with Crippen LogP contribution in [0.15, 0.2) is 6.07 Å². The van der Waals surface area contributed by atoms with Crippen LogP contribution in [0.25, 0.3) is 0 Å². The minimum atomic E-state index is 0.839. The second-order valence-corrected chi connectivity index (χ2v) is 6.09. The molecule has 1 atom stereocenters. The van der Waals surface area contributed by atoms with Crippen LogP contribution in [0.4, 0.5) is 11.6 Å². The highest BCUT2D eigenvalue weighted by molar-refractivity contribution is 5.50. The molecule has 2 heterocycles. The molecule has 0 spiro atoms. The number of hydrogen-bond donors (Lipinski definition) is 1. The molecule has 0 bridgehead atoms. The standard InChI is InChI=1S/C17H30N4/c1-4-7-14-9-11-21(13-14)17-12-16(18-10-6-3)19-15(20-17)8-5-2/h12,14H,4-11,13H2,1-3H3,(H,18,19,20). The van der Waals surface area contributed by atoms with Gasteiger partial charge in [-0.3, -0.25) is 0 Å². The quantitative estimate of drug-likeness (QED) is 0.789. The summed E-state index contributed by atoms with van der Waals surface area (Å²) < 4.78 is 0. The van der Waals surface area contributed by atoms with Crippen molar-refractivity contribution in [2.24, 2.45) is 5.92 Å². The lowest BCUT2D eigenvalue weighted by molar-refractivity contribution is 0.529. The molecule has 1 unspecified atom stereocenters. The average Bonchev–Trinajstić information content (AvgIpc) is 2.94. The summed E-state index contributed by atoms with van der Waals surface area (Å²) in [7, 11) is 0. The Balaban J connectivity index is 2.11. The van der Waals surface area contributed by atoms with Gasteiger partial charge in [0.1, 0.15) is 17.5 Å². The van der Waals surface area contributed by atoms with E-state index in [2.05, 4.69) is 42.0 Å². The summed E-state index contributed by atoms with van der Waals surface area (Å²) in [6.07, 6.45) is 7.09. The van der Waals surface area contributed by atoms with Gasteiger partial charge in [0.05, 0.1) is 0 Å². The van der Waals surface area contributed by atoms with E-state index in [0.29, 0.717) is 0 Å². The SMILES string of the molecule is CCCNc1cc(N2CCC(CCC)C2)nc(CCC)n1. The molecule has 1 N–H and O–H groups in total. The summed E-state index contributed by atoms with van der Waals surface area (Å²) in [5, 5.41) is 3.42. The van der Waals surface area contributed by atoms with Gasteiger partial charge >= 0.3 is 0 Å². The fourth-order valence-electron chi connectivity index (χ4n) is 3.01. The number of aryl methyl sites for hydroxylation is 1. The molecule has 21 heavy (non-hydrogen) atoms. The smallest absolute Gasteiger partial charge is 0.134 e. The highest BCUT2D eigenvalue weighted by Crippen LogP contribution is 2.26. The Hall–Kier alpha value is -1.32. The number of rotatable bonds is 8. The zero-order valence-corrected chi connectivity index (χ0v) is 13.9. The Kier molecular flexibility index (Phi) is 6.27. The summed E-state index contributed by atoms with van der Waals surface area (Å²) in [6, 6.07) is 2.13. The van der Waals surface area contributed by atoms with Gasteiger partial charge in [-0.2, -0.15) is 0 Å². The maximum absolute atomic E-state index is 4.78. The van der Waals surface area contributed by atoms with Crippen molar-refractivity contribution >= 4 is 11.6 Å². The monoisotopic (exact) mass is 290 g/mol. The number of anilines is 2. The highest BCUT2D eigenvalue weighted by Gasteiger charge is 2.23. The number of aromatic nitrogens is 2. The summed E-state index contributed by atoms with van der Waals surface area (Å²) in [5.74, 6) is 3.93. The Morgan fingerprint density at radius 2 is 2.05 bits per heavy atom. The van der Waals surface area contributed by atoms with Crippen LogP contribution in [0.1, 0.15) is 58.7 Å². The van der Waals surface area contributed by atoms with Crippen LogP contribution in [0.5, 0.6) is 0 Å². The molecule has 0 amide bonds. The van der Waals surface area contributed by atoms with Gasteiger partial charge in [-0.1, -0.05) is 27.2 Å². The maximum Gasteiger partial charge on any atom is 0.134 e. The van der Waals surface area contributed by atoms with E-state index in [4.69, 9.17) is 4.98 Å². The van der Waals surface area contributed by atoms with Crippen LogP contribution in [0.2, 0.25) is 0 Å². The number of hydrogen-bond acceptors (Lipinski definition) is 4. The van der Waals surface area contributed by atoms with Crippen molar-refractivity contribution < 1.29 is 0 Å². The maximum atomic E-state index is 4.78. The van der Waals surface area contributed by atoms with Gasteiger partial charge in [0.25, 0.3) is 0 Å². The first-order chi connectivity index (χ1) is 10.3. The zero-order chi connectivity index (χ0) is 15.1. The summed E-state index contributed by atoms with van der Waals surface area (Å²) >= 11 is 0. The van der Waals surface area contributed by atoms with Gasteiger partial charge in [0.15, 0.2) is 0 Å². The molecule has 0 aliphatic carbocycles. The van der Waals surface area contributed by atoms with Crippen LogP contribution in [0.3, 0.4) is 0 Å². The molecule has 4 nitrogen and oxygen atoms in total. The normalized spacial score (nSPS) is 18.2. The molecule has 2 rings (SSSR count). The van der Waals surface area contributed by atoms with Gasteiger partial charge < -0.3 is 10.2 Å². The fraction of sp³-hybridized carbons (Fsp3) is 0.765. The van der Waals surface area contributed by atoms with E-state index in [1.807, 2.05) is 0 Å². The van der Waals surface area contributed by atoms with Crippen molar-refractivity contribution in [3.63, 3.8) is 0 Å². The van der Waals surface area contributed by atoms with E-state index >= 15 is 0 Å². The van der Waals surface area contributed by atoms with E-state index in [9.17, 15) is 0 Å². The Morgan fingerprint density at radius 3 is 2.76 bits per heavy atom. The molecular formula is C17H30N4. The lowest BCUT2D eigenvalue weighted by Gasteiger charge is -2.19. The van der Waals surface area contributed by atoms with E-state index in [-0.39, 0.29) is 0 Å². The predicted octanol–water partition coefficient (Wildman–Crippen LogP) is 3.88. The first-order valence-corrected chi connectivity index (χ1v) is 8.63. The van der Waals surface area contributed by atoms with E-state index in [1.165, 1.54) is 19.3 Å². The number of nitrogens with zero attached hydrogens (tertiary/aromatic N) is 3. The molecule has 1 saturated heterocycles. The van der Waals surface area contributed by atoms with E-state index in [1.54, 1.807) is 0 Å². The van der Waals surface area contributed by atoms with Gasteiger partial charge in [0.2, 0.25) is 0 Å². The van der Waals surface area contributed by atoms with Crippen molar-refractivity contribution in [2.45, 2.75) is 59.3 Å². The highest BCUT2D eigenvalue weighted by atomic mass is 15.2. The third-order valence-electron chi connectivity index (χ3n) is 4.10. The summed E-state index contributed by atoms with van der Waals surface area (Å²) in [6.45, 7) is 9.91. The lowest BCUT2D eigenvalue weighted by Crippen LogP contribution is -2.22. The molecule has 0 radical (unpaired) electrons. The van der Waals surface area contributed by atoms with Crippen molar-refractivity contribution in [3.8, 4) is 0 Å². The van der Waals surface area contributed by atoms with Crippen LogP contribution in [-0.4, -0.2) is 29.6 Å². The van der Waals surface area contributed by atoms with E-state index in [0.717, 1.165) is 62.3 Å². The number of nitrogens with one attached hydrogen (secondary N) is 1. The minimum Gasteiger partial charge on any atom is -0.370 e. The predicted molar refractivity (Wildman–Crippen MR) is 90.0 cm³/mol. The van der Waals surface area contributed by atoms with Crippen molar-refractivity contribution in [2.75, 3.05) is 29.9 Å². The van der Waals surface area contributed by atoms with Crippen molar-refractivity contribution in [3.05, 3.63) is 11.9 Å². The van der Waals surface area contributed by atoms with Gasteiger partial charge in [-0.15, -0.1) is 0 Å². The Labute approximate surface area is 129 Å². The van der Waals surface area contributed by atoms with Crippen LogP contribution in [-0.2, 0) is 6.42 Å². The molecule has 1 fully saturated rings. The second-order valence-electron chi connectivity index (χ2n) is 6.09. The summed E-state index contributed by atoms with van der Waals surface area (Å²) in [5.41, 5.74) is 0. The molecule has 118 valence electrons. The largest absolute Gasteiger partial charge is 0.370 e. The van der Waals surface area contributed by atoms with Crippen LogP contribution in [0, 0.1) is 5.92 Å². The second kappa shape index (κ2) is 8.20. The van der Waals surface area contributed by atoms with Gasteiger partial charge in [-0.25, -0.2) is 9.97 Å². The molecule has 0 aromatic carbocycles. The lowest BCUT2D eigenvalue weighted by atomic mass is 10.0. The fourth-order valence-corrected chi connectivity index (χ4v) is 3.01. The molecule has 1 aromatic heterocycles. The first-order valence-electron chi connectivity index (χ1n) is 8.63. The zero-order valence-electron chi connectivity index (χ0n) is 13.9. The topological polar surface area (TPSA) is 41.0 Å². The van der Waals surface area contributed by atoms with Gasteiger partial charge in [0, 0.05) is 32.1 Å².